The van der Waals surface area contributed by atoms with Crippen molar-refractivity contribution in [1.29, 1.82) is 0 Å². The molecule has 0 spiro atoms. The number of likely N-dealkylation sites (tertiary alicyclic amines) is 1. The van der Waals surface area contributed by atoms with E-state index >= 15 is 0 Å². The van der Waals surface area contributed by atoms with Crippen molar-refractivity contribution in [2.24, 2.45) is 17.8 Å². The fraction of sp³-hybridized carbons (Fsp3) is 0.895. The van der Waals surface area contributed by atoms with Crippen molar-refractivity contribution >= 4 is 21.7 Å². The number of hydrogen-bond acceptors (Lipinski definition) is 4. The van der Waals surface area contributed by atoms with Crippen molar-refractivity contribution in [2.75, 3.05) is 31.6 Å². The van der Waals surface area contributed by atoms with E-state index in [0.717, 1.165) is 51.6 Å². The topological polar surface area (TPSA) is 74.8 Å². The molecule has 0 bridgehead atoms. The lowest BCUT2D eigenvalue weighted by atomic mass is 9.80. The number of carbonyl (C=O) groups is 2. The van der Waals surface area contributed by atoms with E-state index in [9.17, 15) is 18.0 Å². The molecule has 6 nitrogen and oxygen atoms in total. The zero-order valence-electron chi connectivity index (χ0n) is 16.0. The van der Waals surface area contributed by atoms with Crippen molar-refractivity contribution in [3.63, 3.8) is 0 Å². The van der Waals surface area contributed by atoms with Gasteiger partial charge in [0.25, 0.3) is 0 Å². The summed E-state index contributed by atoms with van der Waals surface area (Å²) in [5.41, 5.74) is 0. The average Bonchev–Trinajstić information content (AvgIpc) is 3.00. The first-order chi connectivity index (χ1) is 12.3. The number of hydrogen-bond donors (Lipinski definition) is 0. The molecule has 0 aromatic carbocycles. The number of rotatable bonds is 3. The molecule has 7 heteroatoms. The summed E-state index contributed by atoms with van der Waals surface area (Å²) in [6.45, 7) is 3.99. The molecule has 2 aliphatic heterocycles. The average molecular weight is 385 g/mol. The van der Waals surface area contributed by atoms with E-state index in [0.29, 0.717) is 12.3 Å². The molecule has 148 valence electrons. The van der Waals surface area contributed by atoms with Crippen molar-refractivity contribution in [3.05, 3.63) is 0 Å². The third-order valence-corrected chi connectivity index (χ3v) is 8.38. The predicted octanol–water partition coefficient (Wildman–Crippen LogP) is 1.70. The van der Waals surface area contributed by atoms with E-state index in [1.165, 1.54) is 0 Å². The zero-order valence-corrected chi connectivity index (χ0v) is 16.8. The van der Waals surface area contributed by atoms with Gasteiger partial charge in [0.05, 0.1) is 11.5 Å². The molecule has 3 fully saturated rings. The smallest absolute Gasteiger partial charge is 0.225 e. The Morgan fingerprint density at radius 3 is 2.04 bits per heavy atom. The Morgan fingerprint density at radius 2 is 1.50 bits per heavy atom. The summed E-state index contributed by atoms with van der Waals surface area (Å²) >= 11 is 0. The van der Waals surface area contributed by atoms with Gasteiger partial charge in [-0.1, -0.05) is 6.92 Å². The highest BCUT2D eigenvalue weighted by Gasteiger charge is 2.38. The molecule has 1 aliphatic carbocycles. The Labute approximate surface area is 157 Å². The maximum Gasteiger partial charge on any atom is 0.225 e. The van der Waals surface area contributed by atoms with Crippen LogP contribution in [0.3, 0.4) is 0 Å². The van der Waals surface area contributed by atoms with Gasteiger partial charge in [0, 0.05) is 38.0 Å². The number of sulfone groups is 1. The predicted molar refractivity (Wildman–Crippen MR) is 100 cm³/mol. The first-order valence-electron chi connectivity index (χ1n) is 10.0. The molecule has 0 aromatic heterocycles. The largest absolute Gasteiger partial charge is 0.342 e. The van der Waals surface area contributed by atoms with Crippen LogP contribution in [-0.2, 0) is 19.4 Å². The van der Waals surface area contributed by atoms with Gasteiger partial charge >= 0.3 is 0 Å². The van der Waals surface area contributed by atoms with Crippen molar-refractivity contribution in [3.8, 4) is 0 Å². The van der Waals surface area contributed by atoms with E-state index in [4.69, 9.17) is 0 Å². The monoisotopic (exact) mass is 384 g/mol. The van der Waals surface area contributed by atoms with Crippen LogP contribution in [0.25, 0.3) is 0 Å². The molecule has 0 radical (unpaired) electrons. The molecule has 1 saturated carbocycles. The van der Waals surface area contributed by atoms with Crippen LogP contribution >= 0.6 is 0 Å². The van der Waals surface area contributed by atoms with Crippen molar-refractivity contribution in [2.45, 2.75) is 57.9 Å². The molecule has 3 rings (SSSR count). The van der Waals surface area contributed by atoms with Gasteiger partial charge in [-0.3, -0.25) is 9.59 Å². The second kappa shape index (κ2) is 7.87. The van der Waals surface area contributed by atoms with Gasteiger partial charge in [-0.2, -0.15) is 0 Å². The minimum Gasteiger partial charge on any atom is -0.342 e. The molecule has 2 amide bonds. The number of carbonyl (C=O) groups excluding carboxylic acids is 2. The number of piperidine rings is 1. The molecule has 26 heavy (non-hydrogen) atoms. The van der Waals surface area contributed by atoms with Gasteiger partial charge in [-0.15, -0.1) is 0 Å². The van der Waals surface area contributed by atoms with Crippen LogP contribution in [-0.4, -0.2) is 67.7 Å². The lowest BCUT2D eigenvalue weighted by Gasteiger charge is -2.36. The van der Waals surface area contributed by atoms with Crippen LogP contribution in [0.1, 0.15) is 51.9 Å². The first-order valence-corrected chi connectivity index (χ1v) is 11.8. The zero-order chi connectivity index (χ0) is 18.9. The highest BCUT2D eigenvalue weighted by atomic mass is 32.2. The normalized spacial score (nSPS) is 32.4. The molecule has 1 unspecified atom stereocenters. The molecule has 3 aliphatic rings. The number of amides is 2. The maximum atomic E-state index is 12.7. The fourth-order valence-electron chi connectivity index (χ4n) is 4.62. The molecular formula is C19H32N2O4S. The number of nitrogens with zero attached hydrogens (tertiary/aromatic N) is 2. The van der Waals surface area contributed by atoms with Crippen LogP contribution < -0.4 is 0 Å². The van der Waals surface area contributed by atoms with Gasteiger partial charge in [0.15, 0.2) is 9.84 Å². The Bertz CT molecular complexity index is 632. The van der Waals surface area contributed by atoms with Crippen LogP contribution in [0.5, 0.6) is 0 Å². The van der Waals surface area contributed by atoms with Crippen LogP contribution in [0, 0.1) is 17.8 Å². The van der Waals surface area contributed by atoms with E-state index in [-0.39, 0.29) is 41.2 Å². The Kier molecular flexibility index (Phi) is 5.94. The summed E-state index contributed by atoms with van der Waals surface area (Å²) in [4.78, 5) is 29.1. The Balaban J connectivity index is 1.48. The molecular weight excluding hydrogens is 352 g/mol. The third kappa shape index (κ3) is 4.41. The van der Waals surface area contributed by atoms with Gasteiger partial charge in [-0.05, 0) is 50.9 Å². The second-order valence-corrected chi connectivity index (χ2v) is 10.8. The lowest BCUT2D eigenvalue weighted by molar-refractivity contribution is -0.142. The first kappa shape index (κ1) is 19.6. The highest BCUT2D eigenvalue weighted by molar-refractivity contribution is 7.91. The van der Waals surface area contributed by atoms with Gasteiger partial charge in [0.1, 0.15) is 0 Å². The Hall–Kier alpha value is -1.11. The van der Waals surface area contributed by atoms with Gasteiger partial charge in [0.2, 0.25) is 11.8 Å². The molecule has 2 heterocycles. The molecule has 0 aromatic rings. The van der Waals surface area contributed by atoms with E-state index in [2.05, 4.69) is 6.92 Å². The maximum absolute atomic E-state index is 12.7. The van der Waals surface area contributed by atoms with Gasteiger partial charge in [-0.25, -0.2) is 8.42 Å². The summed E-state index contributed by atoms with van der Waals surface area (Å²) in [7, 11) is -1.25. The molecule has 2 saturated heterocycles. The standard InChI is InChI=1S/C19H32N2O4S/c1-14-7-10-21(11-8-14)19(23)16-5-3-15(4-6-16)18(22)20(2)17-9-12-26(24,25)13-17/h14-17H,3-13H2,1-2H3. The van der Waals surface area contributed by atoms with Gasteiger partial charge < -0.3 is 9.80 Å². The summed E-state index contributed by atoms with van der Waals surface area (Å²) < 4.78 is 23.3. The Morgan fingerprint density at radius 1 is 0.923 bits per heavy atom. The minimum atomic E-state index is -2.99. The third-order valence-electron chi connectivity index (χ3n) is 6.62. The minimum absolute atomic E-state index is 0.0598. The highest BCUT2D eigenvalue weighted by Crippen LogP contribution is 2.33. The quantitative estimate of drug-likeness (QED) is 0.742. The summed E-state index contributed by atoms with van der Waals surface area (Å²) in [5.74, 6) is 1.32. The van der Waals surface area contributed by atoms with Crippen LogP contribution in [0.2, 0.25) is 0 Å². The lowest BCUT2D eigenvalue weighted by Crippen LogP contribution is -2.45. The summed E-state index contributed by atoms with van der Waals surface area (Å²) in [6, 6.07) is -0.179. The SMILES string of the molecule is CC1CCN(C(=O)C2CCC(C(=O)N(C)C3CCS(=O)(=O)C3)CC2)CC1. The summed E-state index contributed by atoms with van der Waals surface area (Å²) in [5, 5.41) is 0. The van der Waals surface area contributed by atoms with Crippen molar-refractivity contribution < 1.29 is 18.0 Å². The fourth-order valence-corrected chi connectivity index (χ4v) is 6.40. The van der Waals surface area contributed by atoms with Crippen LogP contribution in [0.15, 0.2) is 0 Å². The van der Waals surface area contributed by atoms with E-state index < -0.39 is 9.84 Å². The second-order valence-electron chi connectivity index (χ2n) is 8.56. The summed E-state index contributed by atoms with van der Waals surface area (Å²) in [6.07, 6.45) is 5.76. The molecule has 1 atom stereocenters. The molecule has 0 N–H and O–H groups in total. The van der Waals surface area contributed by atoms with E-state index in [1.807, 2.05) is 4.90 Å². The van der Waals surface area contributed by atoms with E-state index in [1.54, 1.807) is 11.9 Å². The van der Waals surface area contributed by atoms with Crippen LogP contribution in [0.4, 0.5) is 0 Å². The van der Waals surface area contributed by atoms with Crippen molar-refractivity contribution in [1.82, 2.24) is 9.80 Å².